The SMILES string of the molecule is Cc1ccc(NC2=C(c3ccc(F)cc3)C(=O)N(C(C)C)C2=O)c(C)c1. The monoisotopic (exact) mass is 352 g/mol. The number of nitrogens with one attached hydrogen (secondary N) is 1. The van der Waals surface area contributed by atoms with Crippen molar-refractivity contribution in [2.45, 2.75) is 33.7 Å². The Labute approximate surface area is 152 Å². The fraction of sp³-hybridized carbons (Fsp3) is 0.238. The van der Waals surface area contributed by atoms with Crippen LogP contribution in [0.25, 0.3) is 5.57 Å². The Bertz CT molecular complexity index is 914. The van der Waals surface area contributed by atoms with Gasteiger partial charge in [0.25, 0.3) is 11.8 Å². The summed E-state index contributed by atoms with van der Waals surface area (Å²) in [6.45, 7) is 7.51. The molecule has 0 saturated heterocycles. The van der Waals surface area contributed by atoms with Gasteiger partial charge in [-0.1, -0.05) is 29.8 Å². The van der Waals surface area contributed by atoms with Crippen molar-refractivity contribution in [3.63, 3.8) is 0 Å². The molecule has 0 bridgehead atoms. The predicted octanol–water partition coefficient (Wildman–Crippen LogP) is 4.04. The second-order valence-electron chi connectivity index (χ2n) is 6.77. The molecule has 0 aromatic heterocycles. The summed E-state index contributed by atoms with van der Waals surface area (Å²) in [5.74, 6) is -1.14. The smallest absolute Gasteiger partial charge is 0.278 e. The van der Waals surface area contributed by atoms with E-state index in [2.05, 4.69) is 5.32 Å². The molecule has 5 heteroatoms. The molecule has 0 unspecified atom stereocenters. The van der Waals surface area contributed by atoms with Gasteiger partial charge in [-0.3, -0.25) is 14.5 Å². The normalized spacial score (nSPS) is 14.6. The zero-order valence-corrected chi connectivity index (χ0v) is 15.3. The number of anilines is 1. The van der Waals surface area contributed by atoms with Gasteiger partial charge in [0, 0.05) is 11.7 Å². The second kappa shape index (κ2) is 6.75. The van der Waals surface area contributed by atoms with Gasteiger partial charge in [0.15, 0.2) is 0 Å². The molecule has 134 valence electrons. The van der Waals surface area contributed by atoms with E-state index in [-0.39, 0.29) is 29.1 Å². The number of benzene rings is 2. The van der Waals surface area contributed by atoms with E-state index in [0.29, 0.717) is 5.56 Å². The molecule has 0 spiro atoms. The van der Waals surface area contributed by atoms with Gasteiger partial charge in [-0.25, -0.2) is 4.39 Å². The summed E-state index contributed by atoms with van der Waals surface area (Å²) in [7, 11) is 0. The van der Waals surface area contributed by atoms with Crippen LogP contribution >= 0.6 is 0 Å². The van der Waals surface area contributed by atoms with Crippen LogP contribution in [0.4, 0.5) is 10.1 Å². The molecule has 4 nitrogen and oxygen atoms in total. The standard InChI is InChI=1S/C21H21FN2O2/c1-12(2)24-20(25)18(15-6-8-16(22)9-7-15)19(21(24)26)23-17-10-5-13(3)11-14(17)4/h5-12,23H,1-4H3. The number of carbonyl (C=O) groups is 2. The van der Waals surface area contributed by atoms with Crippen molar-refractivity contribution in [2.75, 3.05) is 5.32 Å². The number of hydrogen-bond donors (Lipinski definition) is 1. The summed E-state index contributed by atoms with van der Waals surface area (Å²) in [6, 6.07) is 11.2. The van der Waals surface area contributed by atoms with Crippen molar-refractivity contribution in [1.82, 2.24) is 4.90 Å². The van der Waals surface area contributed by atoms with E-state index in [1.165, 1.54) is 29.2 Å². The van der Waals surface area contributed by atoms with Gasteiger partial charge in [0.2, 0.25) is 0 Å². The molecule has 0 fully saturated rings. The Morgan fingerprint density at radius 1 is 0.962 bits per heavy atom. The molecule has 3 rings (SSSR count). The maximum absolute atomic E-state index is 13.3. The van der Waals surface area contributed by atoms with Gasteiger partial charge in [-0.15, -0.1) is 0 Å². The van der Waals surface area contributed by atoms with Gasteiger partial charge in [-0.05, 0) is 57.0 Å². The minimum absolute atomic E-state index is 0.224. The molecule has 26 heavy (non-hydrogen) atoms. The van der Waals surface area contributed by atoms with Crippen LogP contribution < -0.4 is 5.32 Å². The van der Waals surface area contributed by atoms with Crippen molar-refractivity contribution in [3.05, 3.63) is 70.7 Å². The van der Waals surface area contributed by atoms with E-state index in [1.54, 1.807) is 13.8 Å². The van der Waals surface area contributed by atoms with Crippen LogP contribution in [0.3, 0.4) is 0 Å². The summed E-state index contributed by atoms with van der Waals surface area (Å²) < 4.78 is 13.3. The third kappa shape index (κ3) is 3.12. The lowest BCUT2D eigenvalue weighted by Gasteiger charge is -2.19. The van der Waals surface area contributed by atoms with E-state index in [4.69, 9.17) is 0 Å². The highest BCUT2D eigenvalue weighted by Crippen LogP contribution is 2.32. The number of carbonyl (C=O) groups excluding carboxylic acids is 2. The van der Waals surface area contributed by atoms with E-state index < -0.39 is 5.82 Å². The average Bonchev–Trinajstić information content (AvgIpc) is 2.81. The molecule has 1 N–H and O–H groups in total. The lowest BCUT2D eigenvalue weighted by atomic mass is 10.0. The highest BCUT2D eigenvalue weighted by Gasteiger charge is 2.40. The summed E-state index contributed by atoms with van der Waals surface area (Å²) in [6.07, 6.45) is 0. The maximum Gasteiger partial charge on any atom is 0.278 e. The average molecular weight is 352 g/mol. The first-order chi connectivity index (χ1) is 12.3. The van der Waals surface area contributed by atoms with Crippen LogP contribution in [-0.2, 0) is 9.59 Å². The molecule has 2 amide bonds. The van der Waals surface area contributed by atoms with Gasteiger partial charge >= 0.3 is 0 Å². The van der Waals surface area contributed by atoms with E-state index in [9.17, 15) is 14.0 Å². The van der Waals surface area contributed by atoms with Crippen molar-refractivity contribution >= 4 is 23.1 Å². The van der Waals surface area contributed by atoms with Gasteiger partial charge in [0.05, 0.1) is 5.57 Å². The quantitative estimate of drug-likeness (QED) is 0.845. The molecule has 0 radical (unpaired) electrons. The Hall–Kier alpha value is -2.95. The largest absolute Gasteiger partial charge is 0.350 e. The molecule has 2 aromatic rings. The fourth-order valence-electron chi connectivity index (χ4n) is 3.10. The summed E-state index contributed by atoms with van der Waals surface area (Å²) in [5.41, 5.74) is 3.85. The zero-order chi connectivity index (χ0) is 19.0. The maximum atomic E-state index is 13.3. The first-order valence-electron chi connectivity index (χ1n) is 8.52. The Morgan fingerprint density at radius 2 is 1.62 bits per heavy atom. The summed E-state index contributed by atoms with van der Waals surface area (Å²) in [5, 5.41) is 3.14. The first-order valence-corrected chi connectivity index (χ1v) is 8.52. The molecule has 0 atom stereocenters. The third-order valence-corrected chi connectivity index (χ3v) is 4.41. The first kappa shape index (κ1) is 17.9. The van der Waals surface area contributed by atoms with Crippen LogP contribution in [0.15, 0.2) is 48.2 Å². The van der Waals surface area contributed by atoms with Crippen LogP contribution in [0.2, 0.25) is 0 Å². The highest BCUT2D eigenvalue weighted by atomic mass is 19.1. The van der Waals surface area contributed by atoms with Gasteiger partial charge in [0.1, 0.15) is 11.5 Å². The van der Waals surface area contributed by atoms with Crippen LogP contribution in [0.1, 0.15) is 30.5 Å². The minimum Gasteiger partial charge on any atom is -0.350 e. The Morgan fingerprint density at radius 3 is 2.19 bits per heavy atom. The van der Waals surface area contributed by atoms with Crippen molar-refractivity contribution in [2.24, 2.45) is 0 Å². The zero-order valence-electron chi connectivity index (χ0n) is 15.3. The molecule has 0 aliphatic carbocycles. The van der Waals surface area contributed by atoms with Crippen molar-refractivity contribution < 1.29 is 14.0 Å². The van der Waals surface area contributed by atoms with E-state index in [0.717, 1.165) is 16.8 Å². The molecule has 2 aromatic carbocycles. The third-order valence-electron chi connectivity index (χ3n) is 4.41. The Kier molecular flexibility index (Phi) is 4.64. The fourth-order valence-corrected chi connectivity index (χ4v) is 3.10. The van der Waals surface area contributed by atoms with E-state index >= 15 is 0 Å². The Balaban J connectivity index is 2.12. The highest BCUT2D eigenvalue weighted by molar-refractivity contribution is 6.36. The summed E-state index contributed by atoms with van der Waals surface area (Å²) in [4.78, 5) is 27.0. The number of amides is 2. The van der Waals surface area contributed by atoms with Crippen LogP contribution in [-0.4, -0.2) is 22.8 Å². The lowest BCUT2D eigenvalue weighted by Crippen LogP contribution is -2.38. The number of aryl methyl sites for hydroxylation is 2. The van der Waals surface area contributed by atoms with Gasteiger partial charge < -0.3 is 5.32 Å². The van der Waals surface area contributed by atoms with Crippen molar-refractivity contribution in [1.29, 1.82) is 0 Å². The minimum atomic E-state index is -0.393. The molecule has 0 saturated carbocycles. The van der Waals surface area contributed by atoms with Crippen LogP contribution in [0.5, 0.6) is 0 Å². The second-order valence-corrected chi connectivity index (χ2v) is 6.77. The van der Waals surface area contributed by atoms with Crippen LogP contribution in [0, 0.1) is 19.7 Å². The molecular weight excluding hydrogens is 331 g/mol. The number of hydrogen-bond acceptors (Lipinski definition) is 3. The topological polar surface area (TPSA) is 49.4 Å². The number of nitrogens with zero attached hydrogens (tertiary/aromatic N) is 1. The molecule has 1 heterocycles. The number of rotatable bonds is 4. The predicted molar refractivity (Wildman–Crippen MR) is 99.8 cm³/mol. The molecule has 1 aliphatic rings. The van der Waals surface area contributed by atoms with E-state index in [1.807, 2.05) is 32.0 Å². The summed E-state index contributed by atoms with van der Waals surface area (Å²) >= 11 is 0. The van der Waals surface area contributed by atoms with Crippen molar-refractivity contribution in [3.8, 4) is 0 Å². The number of imide groups is 1. The number of halogens is 1. The lowest BCUT2D eigenvalue weighted by molar-refractivity contribution is -0.138. The molecule has 1 aliphatic heterocycles. The van der Waals surface area contributed by atoms with Gasteiger partial charge in [-0.2, -0.15) is 0 Å². The molecular formula is C21H21FN2O2.